The molecule has 0 atom stereocenters. The molecule has 0 aliphatic rings. The third-order valence-corrected chi connectivity index (χ3v) is 2.67. The maximum atomic E-state index is 11.6. The van der Waals surface area contributed by atoms with Gasteiger partial charge in [0, 0.05) is 6.07 Å². The Bertz CT molecular complexity index is 661. The fourth-order valence-corrected chi connectivity index (χ4v) is 1.62. The molecule has 0 saturated carbocycles. The minimum atomic E-state index is -0.800. The highest BCUT2D eigenvalue weighted by atomic mass is 16.6. The van der Waals surface area contributed by atoms with Crippen LogP contribution >= 0.6 is 0 Å². The standard InChI is InChI=1S/C16H16N2O5/c1-21-13-8-5-9-14(10-13)22-11-15(19)17-18-16(20)23-12-6-3-2-4-7-12/h2-10H,11H2,1H3,(H,17,19)(H,18,20). The molecule has 0 aromatic heterocycles. The van der Waals surface area contributed by atoms with Crippen molar-refractivity contribution in [2.24, 2.45) is 0 Å². The van der Waals surface area contributed by atoms with Crippen molar-refractivity contribution >= 4 is 12.0 Å². The Hall–Kier alpha value is -3.22. The summed E-state index contributed by atoms with van der Waals surface area (Å²) in [4.78, 5) is 23.1. The number of benzene rings is 2. The molecule has 2 aromatic carbocycles. The van der Waals surface area contributed by atoms with Gasteiger partial charge in [0.05, 0.1) is 7.11 Å². The van der Waals surface area contributed by atoms with Gasteiger partial charge in [0.2, 0.25) is 0 Å². The van der Waals surface area contributed by atoms with Gasteiger partial charge in [-0.05, 0) is 24.3 Å². The fourth-order valence-electron chi connectivity index (χ4n) is 1.62. The van der Waals surface area contributed by atoms with Gasteiger partial charge in [0.25, 0.3) is 5.91 Å². The Morgan fingerprint density at radius 1 is 0.913 bits per heavy atom. The van der Waals surface area contributed by atoms with Gasteiger partial charge >= 0.3 is 6.09 Å². The SMILES string of the molecule is COc1cccc(OCC(=O)NNC(=O)Oc2ccccc2)c1. The van der Waals surface area contributed by atoms with Crippen molar-refractivity contribution in [1.29, 1.82) is 0 Å². The molecule has 120 valence electrons. The molecular formula is C16H16N2O5. The molecule has 0 unspecified atom stereocenters. The first kappa shape index (κ1) is 16.2. The Kier molecular flexibility index (Phi) is 5.81. The van der Waals surface area contributed by atoms with Gasteiger partial charge in [-0.3, -0.25) is 10.2 Å². The van der Waals surface area contributed by atoms with E-state index in [1.165, 1.54) is 7.11 Å². The minimum Gasteiger partial charge on any atom is -0.497 e. The van der Waals surface area contributed by atoms with E-state index < -0.39 is 12.0 Å². The van der Waals surface area contributed by atoms with E-state index in [-0.39, 0.29) is 6.61 Å². The molecule has 0 aliphatic heterocycles. The van der Waals surface area contributed by atoms with E-state index in [2.05, 4.69) is 10.9 Å². The predicted molar refractivity (Wildman–Crippen MR) is 82.2 cm³/mol. The van der Waals surface area contributed by atoms with Gasteiger partial charge in [-0.15, -0.1) is 0 Å². The van der Waals surface area contributed by atoms with Crippen molar-refractivity contribution in [2.45, 2.75) is 0 Å². The maximum absolute atomic E-state index is 11.6. The lowest BCUT2D eigenvalue weighted by molar-refractivity contribution is -0.123. The Labute approximate surface area is 133 Å². The van der Waals surface area contributed by atoms with Crippen molar-refractivity contribution in [3.63, 3.8) is 0 Å². The number of methoxy groups -OCH3 is 1. The average Bonchev–Trinajstić information content (AvgIpc) is 2.59. The van der Waals surface area contributed by atoms with Crippen LogP contribution in [0.5, 0.6) is 17.2 Å². The molecule has 2 rings (SSSR count). The first-order valence-corrected chi connectivity index (χ1v) is 6.76. The summed E-state index contributed by atoms with van der Waals surface area (Å²) >= 11 is 0. The quantitative estimate of drug-likeness (QED) is 0.823. The summed E-state index contributed by atoms with van der Waals surface area (Å²) in [6, 6.07) is 15.3. The molecule has 7 nitrogen and oxygen atoms in total. The molecule has 23 heavy (non-hydrogen) atoms. The normalized spacial score (nSPS) is 9.61. The third-order valence-electron chi connectivity index (χ3n) is 2.67. The molecule has 2 amide bonds. The van der Waals surface area contributed by atoms with E-state index in [1.807, 2.05) is 0 Å². The maximum Gasteiger partial charge on any atom is 0.431 e. The minimum absolute atomic E-state index is 0.265. The number of hydrogen-bond acceptors (Lipinski definition) is 5. The number of hydrogen-bond donors (Lipinski definition) is 2. The number of hydrazine groups is 1. The monoisotopic (exact) mass is 316 g/mol. The highest BCUT2D eigenvalue weighted by molar-refractivity contribution is 5.80. The smallest absolute Gasteiger partial charge is 0.431 e. The number of rotatable bonds is 5. The first-order chi connectivity index (χ1) is 11.2. The summed E-state index contributed by atoms with van der Waals surface area (Å²) in [5, 5.41) is 0. The van der Waals surface area contributed by atoms with E-state index in [9.17, 15) is 9.59 Å². The van der Waals surface area contributed by atoms with Crippen LogP contribution in [0.4, 0.5) is 4.79 Å². The summed E-state index contributed by atoms with van der Waals surface area (Å²) in [6.45, 7) is -0.265. The van der Waals surface area contributed by atoms with Crippen molar-refractivity contribution < 1.29 is 23.8 Å². The van der Waals surface area contributed by atoms with Crippen LogP contribution < -0.4 is 25.1 Å². The van der Waals surface area contributed by atoms with Crippen molar-refractivity contribution in [2.75, 3.05) is 13.7 Å². The molecule has 0 spiro atoms. The van der Waals surface area contributed by atoms with E-state index in [4.69, 9.17) is 14.2 Å². The van der Waals surface area contributed by atoms with Crippen LogP contribution in [0.1, 0.15) is 0 Å². The number of carbonyl (C=O) groups is 2. The van der Waals surface area contributed by atoms with Crippen molar-refractivity contribution in [1.82, 2.24) is 10.9 Å². The zero-order valence-corrected chi connectivity index (χ0v) is 12.4. The highest BCUT2D eigenvalue weighted by Gasteiger charge is 2.07. The summed E-state index contributed by atoms with van der Waals surface area (Å²) in [7, 11) is 1.54. The first-order valence-electron chi connectivity index (χ1n) is 6.76. The number of carbonyl (C=O) groups excluding carboxylic acids is 2. The summed E-state index contributed by atoms with van der Waals surface area (Å²) < 4.78 is 15.3. The van der Waals surface area contributed by atoms with Crippen LogP contribution in [-0.2, 0) is 4.79 Å². The van der Waals surface area contributed by atoms with Crippen molar-refractivity contribution in [3.05, 3.63) is 54.6 Å². The molecule has 2 aromatic rings. The van der Waals surface area contributed by atoms with Crippen LogP contribution in [0.3, 0.4) is 0 Å². The molecule has 0 aliphatic carbocycles. The topological polar surface area (TPSA) is 85.9 Å². The van der Waals surface area contributed by atoms with Gasteiger partial charge < -0.3 is 14.2 Å². The molecular weight excluding hydrogens is 300 g/mol. The van der Waals surface area contributed by atoms with Gasteiger partial charge in [0.15, 0.2) is 6.61 Å². The second-order valence-electron chi connectivity index (χ2n) is 4.34. The average molecular weight is 316 g/mol. The van der Waals surface area contributed by atoms with Crippen LogP contribution in [0.25, 0.3) is 0 Å². The number of para-hydroxylation sites is 1. The van der Waals surface area contributed by atoms with Gasteiger partial charge in [-0.2, -0.15) is 0 Å². The lowest BCUT2D eigenvalue weighted by Crippen LogP contribution is -2.45. The van der Waals surface area contributed by atoms with Gasteiger partial charge in [-0.1, -0.05) is 24.3 Å². The second kappa shape index (κ2) is 8.28. The molecule has 0 saturated heterocycles. The van der Waals surface area contributed by atoms with Gasteiger partial charge in [0.1, 0.15) is 17.2 Å². The van der Waals surface area contributed by atoms with E-state index >= 15 is 0 Å². The van der Waals surface area contributed by atoms with Crippen LogP contribution in [0.15, 0.2) is 54.6 Å². The van der Waals surface area contributed by atoms with Crippen molar-refractivity contribution in [3.8, 4) is 17.2 Å². The highest BCUT2D eigenvalue weighted by Crippen LogP contribution is 2.18. The summed E-state index contributed by atoms with van der Waals surface area (Å²) in [5.41, 5.74) is 4.31. The van der Waals surface area contributed by atoms with Crippen LogP contribution in [0, 0.1) is 0 Å². The predicted octanol–water partition coefficient (Wildman–Crippen LogP) is 1.89. The Morgan fingerprint density at radius 2 is 1.61 bits per heavy atom. The molecule has 0 radical (unpaired) electrons. The zero-order chi connectivity index (χ0) is 16.5. The Morgan fingerprint density at radius 3 is 2.35 bits per heavy atom. The third kappa shape index (κ3) is 5.58. The van der Waals surface area contributed by atoms with E-state index in [0.29, 0.717) is 17.2 Å². The van der Waals surface area contributed by atoms with Crippen LogP contribution in [-0.4, -0.2) is 25.7 Å². The number of ether oxygens (including phenoxy) is 3. The molecule has 2 N–H and O–H groups in total. The number of nitrogens with one attached hydrogen (secondary N) is 2. The number of amides is 2. The molecule has 7 heteroatoms. The molecule has 0 bridgehead atoms. The van der Waals surface area contributed by atoms with Crippen LogP contribution in [0.2, 0.25) is 0 Å². The second-order valence-corrected chi connectivity index (χ2v) is 4.34. The lowest BCUT2D eigenvalue weighted by Gasteiger charge is -2.09. The molecule has 0 heterocycles. The fraction of sp³-hybridized carbons (Fsp3) is 0.125. The summed E-state index contributed by atoms with van der Waals surface area (Å²) in [6.07, 6.45) is -0.800. The zero-order valence-electron chi connectivity index (χ0n) is 12.4. The Balaban J connectivity index is 1.71. The lowest BCUT2D eigenvalue weighted by atomic mass is 10.3. The van der Waals surface area contributed by atoms with E-state index in [0.717, 1.165) is 0 Å². The van der Waals surface area contributed by atoms with Gasteiger partial charge in [-0.25, -0.2) is 10.2 Å². The largest absolute Gasteiger partial charge is 0.497 e. The summed E-state index contributed by atoms with van der Waals surface area (Å²) in [5.74, 6) is 0.934. The van der Waals surface area contributed by atoms with E-state index in [1.54, 1.807) is 54.6 Å². The molecule has 0 fully saturated rings.